The van der Waals surface area contributed by atoms with E-state index in [1.54, 1.807) is 0 Å². The van der Waals surface area contributed by atoms with Crippen LogP contribution in [0.25, 0.3) is 22.3 Å². The molecule has 3 aromatic rings. The van der Waals surface area contributed by atoms with E-state index in [1.165, 1.54) is 75.6 Å². The standard InChI is InChI=1S/C25H37N3O.C2H6N2/c1-4-6-8-9-10-11-14-18-28-19-22(21-16-12-13-17-23(21)28)24-26-25(29-27-24)20(3)15-7-5-2;1-2(3)4/h12-13,16-17,19-20H,4-11,14-15,18H2,1-3H3;1H3,(H3,3,4)/t20-;/m0./s1. The number of hydrogen-bond donors (Lipinski definition) is 2. The van der Waals surface area contributed by atoms with Gasteiger partial charge < -0.3 is 14.8 Å². The van der Waals surface area contributed by atoms with Gasteiger partial charge in [0.05, 0.1) is 5.84 Å². The minimum absolute atomic E-state index is 0.167. The van der Waals surface area contributed by atoms with E-state index >= 15 is 0 Å². The number of aryl methyl sites for hydroxylation is 1. The molecule has 0 saturated heterocycles. The summed E-state index contributed by atoms with van der Waals surface area (Å²) in [4.78, 5) is 4.74. The zero-order chi connectivity index (χ0) is 24.1. The Balaban J connectivity index is 0.000000890. The SMILES string of the molecule is CC(=N)N.CCCCCCCCCn1cc(-c2noc([C@@H](C)CCCC)n2)c2ccccc21. The molecule has 0 bridgehead atoms. The first-order valence-corrected chi connectivity index (χ1v) is 12.7. The van der Waals surface area contributed by atoms with Crippen LogP contribution in [0.15, 0.2) is 35.0 Å². The Morgan fingerprint density at radius 3 is 2.36 bits per heavy atom. The molecule has 2 aromatic heterocycles. The first kappa shape index (κ1) is 26.6. The molecule has 0 spiro atoms. The van der Waals surface area contributed by atoms with Gasteiger partial charge in [-0.1, -0.05) is 95.5 Å². The van der Waals surface area contributed by atoms with Gasteiger partial charge in [0.2, 0.25) is 11.7 Å². The van der Waals surface area contributed by atoms with Gasteiger partial charge in [-0.15, -0.1) is 0 Å². The molecular formula is C27H43N5O. The molecule has 3 N–H and O–H groups in total. The van der Waals surface area contributed by atoms with Gasteiger partial charge in [-0.25, -0.2) is 0 Å². The average Bonchev–Trinajstić information content (AvgIpc) is 3.42. The van der Waals surface area contributed by atoms with E-state index in [0.717, 1.165) is 30.2 Å². The highest BCUT2D eigenvalue weighted by Gasteiger charge is 2.18. The maximum absolute atomic E-state index is 6.28. The van der Waals surface area contributed by atoms with Crippen LogP contribution in [-0.4, -0.2) is 20.5 Å². The third kappa shape index (κ3) is 8.67. The molecule has 3 rings (SSSR count). The van der Waals surface area contributed by atoms with Crippen molar-refractivity contribution in [2.75, 3.05) is 0 Å². The second-order valence-corrected chi connectivity index (χ2v) is 9.06. The summed E-state index contributed by atoms with van der Waals surface area (Å²) in [5.41, 5.74) is 7.04. The number of aromatic nitrogens is 3. The second kappa shape index (κ2) is 14.5. The predicted octanol–water partition coefficient (Wildman–Crippen LogP) is 7.68. The maximum atomic E-state index is 6.28. The molecule has 0 saturated carbocycles. The van der Waals surface area contributed by atoms with Crippen LogP contribution in [0.1, 0.15) is 104 Å². The lowest BCUT2D eigenvalue weighted by atomic mass is 10.0. The number of unbranched alkanes of at least 4 members (excludes halogenated alkanes) is 7. The summed E-state index contributed by atoms with van der Waals surface area (Å²) in [6, 6.07) is 8.57. The summed E-state index contributed by atoms with van der Waals surface area (Å²) in [5.74, 6) is 1.97. The quantitative estimate of drug-likeness (QED) is 0.158. The van der Waals surface area contributed by atoms with Gasteiger partial charge in [-0.3, -0.25) is 5.41 Å². The van der Waals surface area contributed by atoms with Gasteiger partial charge in [0, 0.05) is 35.1 Å². The molecule has 6 heteroatoms. The van der Waals surface area contributed by atoms with Crippen LogP contribution in [-0.2, 0) is 6.54 Å². The average molecular weight is 454 g/mol. The van der Waals surface area contributed by atoms with E-state index in [0.29, 0.717) is 5.92 Å². The summed E-state index contributed by atoms with van der Waals surface area (Å²) in [6.07, 6.45) is 15.0. The summed E-state index contributed by atoms with van der Waals surface area (Å²) >= 11 is 0. The first-order chi connectivity index (χ1) is 16.0. The van der Waals surface area contributed by atoms with E-state index in [1.807, 2.05) is 0 Å². The van der Waals surface area contributed by atoms with Gasteiger partial charge in [-0.05, 0) is 25.8 Å². The molecule has 33 heavy (non-hydrogen) atoms. The van der Waals surface area contributed by atoms with E-state index in [9.17, 15) is 0 Å². The zero-order valence-electron chi connectivity index (χ0n) is 21.1. The molecule has 0 unspecified atom stereocenters. The molecule has 1 aromatic carbocycles. The van der Waals surface area contributed by atoms with Crippen molar-refractivity contribution in [2.45, 2.75) is 104 Å². The minimum atomic E-state index is 0.167. The van der Waals surface area contributed by atoms with Gasteiger partial charge in [0.15, 0.2) is 0 Å². The fourth-order valence-corrected chi connectivity index (χ4v) is 4.03. The van der Waals surface area contributed by atoms with Crippen LogP contribution in [0.4, 0.5) is 0 Å². The molecule has 1 atom stereocenters. The Labute approximate surface area is 199 Å². The highest BCUT2D eigenvalue weighted by atomic mass is 16.5. The maximum Gasteiger partial charge on any atom is 0.229 e. The Morgan fingerprint density at radius 1 is 1.03 bits per heavy atom. The molecule has 6 nitrogen and oxygen atoms in total. The van der Waals surface area contributed by atoms with Crippen LogP contribution in [0.5, 0.6) is 0 Å². The third-order valence-electron chi connectivity index (χ3n) is 5.89. The van der Waals surface area contributed by atoms with E-state index in [4.69, 9.17) is 20.7 Å². The number of hydrogen-bond acceptors (Lipinski definition) is 4. The number of benzene rings is 1. The number of rotatable bonds is 13. The highest BCUT2D eigenvalue weighted by Crippen LogP contribution is 2.31. The number of nitrogens with two attached hydrogens (primary N) is 1. The molecular weight excluding hydrogens is 410 g/mol. The lowest BCUT2D eigenvalue weighted by Crippen LogP contribution is -2.00. The van der Waals surface area contributed by atoms with Gasteiger partial charge in [0.25, 0.3) is 0 Å². The summed E-state index contributed by atoms with van der Waals surface area (Å²) in [6.45, 7) is 9.24. The van der Waals surface area contributed by atoms with E-state index in [2.05, 4.69) is 61.0 Å². The van der Waals surface area contributed by atoms with Crippen molar-refractivity contribution in [3.63, 3.8) is 0 Å². The first-order valence-electron chi connectivity index (χ1n) is 12.7. The molecule has 0 fully saturated rings. The topological polar surface area (TPSA) is 93.7 Å². The number of fused-ring (bicyclic) bond motifs is 1. The molecule has 0 radical (unpaired) electrons. The Bertz CT molecular complexity index is 954. The molecule has 0 aliphatic rings. The lowest BCUT2D eigenvalue weighted by Gasteiger charge is -2.05. The van der Waals surface area contributed by atoms with E-state index in [-0.39, 0.29) is 5.84 Å². The van der Waals surface area contributed by atoms with Gasteiger partial charge in [-0.2, -0.15) is 4.98 Å². The number of nitrogens with zero attached hydrogens (tertiary/aromatic N) is 3. The molecule has 0 amide bonds. The molecule has 182 valence electrons. The Morgan fingerprint density at radius 2 is 1.67 bits per heavy atom. The van der Waals surface area contributed by atoms with Crippen molar-refractivity contribution in [3.05, 3.63) is 36.4 Å². The minimum Gasteiger partial charge on any atom is -0.388 e. The normalized spacial score (nSPS) is 11.9. The summed E-state index contributed by atoms with van der Waals surface area (Å²) in [5, 5.41) is 11.8. The fourth-order valence-electron chi connectivity index (χ4n) is 4.03. The van der Waals surface area contributed by atoms with Gasteiger partial charge >= 0.3 is 0 Å². The smallest absolute Gasteiger partial charge is 0.229 e. The van der Waals surface area contributed by atoms with Crippen LogP contribution in [0, 0.1) is 5.41 Å². The second-order valence-electron chi connectivity index (χ2n) is 9.06. The third-order valence-corrected chi connectivity index (χ3v) is 5.89. The van der Waals surface area contributed by atoms with Crippen molar-refractivity contribution >= 4 is 16.7 Å². The zero-order valence-corrected chi connectivity index (χ0v) is 21.1. The van der Waals surface area contributed by atoms with Crippen molar-refractivity contribution < 1.29 is 4.52 Å². The summed E-state index contributed by atoms with van der Waals surface area (Å²) < 4.78 is 7.98. The highest BCUT2D eigenvalue weighted by molar-refractivity contribution is 5.94. The van der Waals surface area contributed by atoms with E-state index < -0.39 is 0 Å². The molecule has 2 heterocycles. The number of nitrogens with one attached hydrogen (secondary N) is 1. The van der Waals surface area contributed by atoms with Crippen molar-refractivity contribution in [1.29, 1.82) is 5.41 Å². The van der Waals surface area contributed by atoms with Crippen molar-refractivity contribution in [3.8, 4) is 11.4 Å². The van der Waals surface area contributed by atoms with Crippen LogP contribution < -0.4 is 5.73 Å². The summed E-state index contributed by atoms with van der Waals surface area (Å²) in [7, 11) is 0. The van der Waals surface area contributed by atoms with Crippen LogP contribution >= 0.6 is 0 Å². The largest absolute Gasteiger partial charge is 0.388 e. The molecule has 0 aliphatic carbocycles. The number of para-hydroxylation sites is 1. The van der Waals surface area contributed by atoms with Crippen molar-refractivity contribution in [1.82, 2.24) is 14.7 Å². The fraction of sp³-hybridized carbons (Fsp3) is 0.593. The van der Waals surface area contributed by atoms with Crippen LogP contribution in [0.2, 0.25) is 0 Å². The number of amidine groups is 1. The Kier molecular flexibility index (Phi) is 11.7. The Hall–Kier alpha value is -2.63. The van der Waals surface area contributed by atoms with Crippen molar-refractivity contribution in [2.24, 2.45) is 5.73 Å². The van der Waals surface area contributed by atoms with Gasteiger partial charge in [0.1, 0.15) is 0 Å². The lowest BCUT2D eigenvalue weighted by molar-refractivity contribution is 0.351. The predicted molar refractivity (Wildman–Crippen MR) is 139 cm³/mol. The monoisotopic (exact) mass is 453 g/mol. The van der Waals surface area contributed by atoms with Crippen LogP contribution in [0.3, 0.4) is 0 Å². The molecule has 0 aliphatic heterocycles.